The molecule has 3 aromatic rings. The van der Waals surface area contributed by atoms with Gasteiger partial charge in [0.15, 0.2) is 0 Å². The van der Waals surface area contributed by atoms with Crippen molar-refractivity contribution < 1.29 is 4.79 Å². The summed E-state index contributed by atoms with van der Waals surface area (Å²) in [4.78, 5) is 29.4. The zero-order valence-corrected chi connectivity index (χ0v) is 15.7. The van der Waals surface area contributed by atoms with E-state index < -0.39 is 0 Å². The van der Waals surface area contributed by atoms with E-state index in [2.05, 4.69) is 10.3 Å². The smallest absolute Gasteiger partial charge is 0.251 e. The number of pyridine rings is 1. The van der Waals surface area contributed by atoms with Crippen LogP contribution in [0.4, 0.5) is 0 Å². The van der Waals surface area contributed by atoms with Crippen molar-refractivity contribution in [2.24, 2.45) is 0 Å². The lowest BCUT2D eigenvalue weighted by molar-refractivity contribution is 0.0952. The second-order valence-electron chi connectivity index (χ2n) is 6.07. The van der Waals surface area contributed by atoms with E-state index in [1.807, 2.05) is 44.2 Å². The molecule has 0 unspecified atom stereocenters. The molecule has 1 N–H and O–H groups in total. The van der Waals surface area contributed by atoms with Gasteiger partial charge in [0, 0.05) is 30.9 Å². The highest BCUT2D eigenvalue weighted by atomic mass is 32.1. The van der Waals surface area contributed by atoms with Crippen molar-refractivity contribution in [2.75, 3.05) is 6.54 Å². The van der Waals surface area contributed by atoms with Crippen LogP contribution in [-0.4, -0.2) is 22.0 Å². The van der Waals surface area contributed by atoms with Gasteiger partial charge in [0.2, 0.25) is 5.56 Å². The standard InChI is InChI=1S/C20H21N3O2S/c1-14-19(26-15(2)22-14)16-7-9-17(10-8-16)20(25)21-11-5-13-23-12-4-3-6-18(23)24/h3-4,6-10,12H,5,11,13H2,1-2H3,(H,21,25). The van der Waals surface area contributed by atoms with Crippen molar-refractivity contribution in [1.82, 2.24) is 14.9 Å². The highest BCUT2D eigenvalue weighted by Crippen LogP contribution is 2.29. The van der Waals surface area contributed by atoms with E-state index >= 15 is 0 Å². The van der Waals surface area contributed by atoms with Gasteiger partial charge in [-0.15, -0.1) is 11.3 Å². The minimum absolute atomic E-state index is 0.0250. The van der Waals surface area contributed by atoms with Gasteiger partial charge in [0.1, 0.15) is 0 Å². The Hall–Kier alpha value is -2.73. The fraction of sp³-hybridized carbons (Fsp3) is 0.250. The predicted molar refractivity (Wildman–Crippen MR) is 105 cm³/mol. The molecule has 0 bridgehead atoms. The summed E-state index contributed by atoms with van der Waals surface area (Å²) in [5, 5.41) is 3.94. The molecule has 0 saturated carbocycles. The Bertz CT molecular complexity index is 958. The summed E-state index contributed by atoms with van der Waals surface area (Å²) in [6.07, 6.45) is 2.46. The van der Waals surface area contributed by atoms with Crippen molar-refractivity contribution in [3.63, 3.8) is 0 Å². The molecule has 0 aliphatic carbocycles. The molecule has 6 heteroatoms. The molecule has 0 aliphatic heterocycles. The van der Waals surface area contributed by atoms with Crippen LogP contribution in [-0.2, 0) is 6.54 Å². The van der Waals surface area contributed by atoms with Crippen LogP contribution in [0.15, 0.2) is 53.5 Å². The summed E-state index contributed by atoms with van der Waals surface area (Å²) in [6.45, 7) is 5.10. The molecule has 0 spiro atoms. The second kappa shape index (κ2) is 8.10. The SMILES string of the molecule is Cc1nc(C)c(-c2ccc(C(=O)NCCCn3ccccc3=O)cc2)s1. The number of carbonyl (C=O) groups excluding carboxylic acids is 1. The molecule has 5 nitrogen and oxygen atoms in total. The third-order valence-corrected chi connectivity index (χ3v) is 5.20. The van der Waals surface area contributed by atoms with Crippen LogP contribution in [0.3, 0.4) is 0 Å². The van der Waals surface area contributed by atoms with Gasteiger partial charge >= 0.3 is 0 Å². The van der Waals surface area contributed by atoms with Crippen molar-refractivity contribution in [1.29, 1.82) is 0 Å². The highest BCUT2D eigenvalue weighted by Gasteiger charge is 2.09. The molecule has 26 heavy (non-hydrogen) atoms. The minimum atomic E-state index is -0.103. The van der Waals surface area contributed by atoms with Gasteiger partial charge in [-0.1, -0.05) is 18.2 Å². The lowest BCUT2D eigenvalue weighted by Gasteiger charge is -2.07. The van der Waals surface area contributed by atoms with Gasteiger partial charge in [-0.3, -0.25) is 9.59 Å². The number of hydrogen-bond donors (Lipinski definition) is 1. The molecule has 1 amide bonds. The van der Waals surface area contributed by atoms with E-state index in [1.54, 1.807) is 28.2 Å². The van der Waals surface area contributed by atoms with Crippen molar-refractivity contribution in [3.8, 4) is 10.4 Å². The molecule has 2 heterocycles. The third-order valence-electron chi connectivity index (χ3n) is 4.07. The maximum Gasteiger partial charge on any atom is 0.251 e. The molecule has 0 atom stereocenters. The summed E-state index contributed by atoms with van der Waals surface area (Å²) < 4.78 is 1.64. The second-order valence-corrected chi connectivity index (χ2v) is 7.27. The largest absolute Gasteiger partial charge is 0.352 e. The Morgan fingerprint density at radius 3 is 2.58 bits per heavy atom. The average molecular weight is 367 g/mol. The number of carbonyl (C=O) groups is 1. The zero-order chi connectivity index (χ0) is 18.5. The molecule has 0 saturated heterocycles. The van der Waals surface area contributed by atoms with E-state index in [0.717, 1.165) is 21.1 Å². The van der Waals surface area contributed by atoms with Gasteiger partial charge in [-0.25, -0.2) is 4.98 Å². The maximum absolute atomic E-state index is 12.3. The molecule has 134 valence electrons. The quantitative estimate of drug-likeness (QED) is 0.679. The first-order valence-electron chi connectivity index (χ1n) is 8.53. The Kier molecular flexibility index (Phi) is 5.63. The topological polar surface area (TPSA) is 64.0 Å². The normalized spacial score (nSPS) is 10.7. The summed E-state index contributed by atoms with van der Waals surface area (Å²) in [6, 6.07) is 12.7. The lowest BCUT2D eigenvalue weighted by Crippen LogP contribution is -2.26. The van der Waals surface area contributed by atoms with Crippen LogP contribution in [0.1, 0.15) is 27.5 Å². The van der Waals surface area contributed by atoms with Crippen molar-refractivity contribution >= 4 is 17.2 Å². The van der Waals surface area contributed by atoms with Crippen LogP contribution in [0, 0.1) is 13.8 Å². The van der Waals surface area contributed by atoms with Crippen molar-refractivity contribution in [2.45, 2.75) is 26.8 Å². The van der Waals surface area contributed by atoms with Crippen molar-refractivity contribution in [3.05, 3.63) is 75.3 Å². The molecule has 3 rings (SSSR count). The minimum Gasteiger partial charge on any atom is -0.352 e. The monoisotopic (exact) mass is 367 g/mol. The Labute approximate surface area is 156 Å². The Balaban J connectivity index is 1.54. The number of thiazole rings is 1. The van der Waals surface area contributed by atoms with Gasteiger partial charge < -0.3 is 9.88 Å². The lowest BCUT2D eigenvalue weighted by atomic mass is 10.1. The van der Waals surface area contributed by atoms with Gasteiger partial charge in [0.25, 0.3) is 5.91 Å². The number of rotatable bonds is 6. The number of aromatic nitrogens is 2. The third kappa shape index (κ3) is 4.26. The van der Waals surface area contributed by atoms with Crippen LogP contribution in [0.25, 0.3) is 10.4 Å². The van der Waals surface area contributed by atoms with Crippen LogP contribution in [0.2, 0.25) is 0 Å². The van der Waals surface area contributed by atoms with Crippen LogP contribution in [0.5, 0.6) is 0 Å². The molecular weight excluding hydrogens is 346 g/mol. The maximum atomic E-state index is 12.3. The highest BCUT2D eigenvalue weighted by molar-refractivity contribution is 7.15. The number of amides is 1. The Morgan fingerprint density at radius 1 is 1.15 bits per heavy atom. The molecule has 1 aromatic carbocycles. The van der Waals surface area contributed by atoms with E-state index in [9.17, 15) is 9.59 Å². The van der Waals surface area contributed by atoms with E-state index in [4.69, 9.17) is 0 Å². The average Bonchev–Trinajstić information content (AvgIpc) is 2.98. The molecule has 2 aromatic heterocycles. The molecule has 0 fully saturated rings. The molecular formula is C20H21N3O2S. The fourth-order valence-electron chi connectivity index (χ4n) is 2.77. The zero-order valence-electron chi connectivity index (χ0n) is 14.9. The van der Waals surface area contributed by atoms with Gasteiger partial charge in [-0.05, 0) is 44.0 Å². The number of nitrogens with one attached hydrogen (secondary N) is 1. The summed E-state index contributed by atoms with van der Waals surface area (Å²) in [5.74, 6) is -0.103. The van der Waals surface area contributed by atoms with Gasteiger partial charge in [0.05, 0.1) is 15.6 Å². The first-order valence-corrected chi connectivity index (χ1v) is 9.34. The Morgan fingerprint density at radius 2 is 1.92 bits per heavy atom. The number of hydrogen-bond acceptors (Lipinski definition) is 4. The summed E-state index contributed by atoms with van der Waals surface area (Å²) in [5.41, 5.74) is 2.70. The number of benzene rings is 1. The fourth-order valence-corrected chi connectivity index (χ4v) is 3.70. The van der Waals surface area contributed by atoms with Crippen LogP contribution >= 0.6 is 11.3 Å². The first-order chi connectivity index (χ1) is 12.5. The van der Waals surface area contributed by atoms with E-state index in [1.165, 1.54) is 6.07 Å². The first kappa shape index (κ1) is 18.1. The number of nitrogens with zero attached hydrogens (tertiary/aromatic N) is 2. The predicted octanol–water partition coefficient (Wildman–Crippen LogP) is 3.41. The van der Waals surface area contributed by atoms with Gasteiger partial charge in [-0.2, -0.15) is 0 Å². The summed E-state index contributed by atoms with van der Waals surface area (Å²) >= 11 is 1.66. The molecule has 0 radical (unpaired) electrons. The summed E-state index contributed by atoms with van der Waals surface area (Å²) in [7, 11) is 0. The van der Waals surface area contributed by atoms with E-state index in [-0.39, 0.29) is 11.5 Å². The molecule has 0 aliphatic rings. The number of aryl methyl sites for hydroxylation is 3. The van der Waals surface area contributed by atoms with Crippen LogP contribution < -0.4 is 10.9 Å². The van der Waals surface area contributed by atoms with E-state index in [0.29, 0.717) is 25.1 Å².